The summed E-state index contributed by atoms with van der Waals surface area (Å²) in [4.78, 5) is 13.3. The van der Waals surface area contributed by atoms with Crippen LogP contribution in [0.4, 0.5) is 0 Å². The van der Waals surface area contributed by atoms with Crippen LogP contribution in [0.3, 0.4) is 0 Å². The fourth-order valence-electron chi connectivity index (χ4n) is 3.13. The molecule has 1 saturated carbocycles. The first kappa shape index (κ1) is 12.8. The molecule has 4 unspecified atom stereocenters. The van der Waals surface area contributed by atoms with Gasteiger partial charge in [0.15, 0.2) is 6.10 Å². The van der Waals surface area contributed by atoms with Crippen molar-refractivity contribution in [3.05, 3.63) is 0 Å². The van der Waals surface area contributed by atoms with Crippen molar-refractivity contribution in [1.82, 2.24) is 4.90 Å². The first-order valence-corrected chi connectivity index (χ1v) is 6.66. The minimum absolute atomic E-state index is 0.546. The Morgan fingerprint density at radius 1 is 1.35 bits per heavy atom. The van der Waals surface area contributed by atoms with Crippen LogP contribution in [0.2, 0.25) is 0 Å². The van der Waals surface area contributed by atoms with E-state index in [9.17, 15) is 4.79 Å². The summed E-state index contributed by atoms with van der Waals surface area (Å²) in [5.41, 5.74) is 0. The SMILES string of the molecule is CC1CCC(C)C(N2CCOC(C(=O)O)C2)C1. The van der Waals surface area contributed by atoms with Gasteiger partial charge in [0.25, 0.3) is 0 Å². The standard InChI is InChI=1S/C13H23NO3/c1-9-3-4-10(2)11(7-9)14-5-6-17-12(8-14)13(15)16/h9-12H,3-8H2,1-2H3,(H,15,16). The van der Waals surface area contributed by atoms with E-state index in [0.717, 1.165) is 12.5 Å². The van der Waals surface area contributed by atoms with E-state index < -0.39 is 12.1 Å². The van der Waals surface area contributed by atoms with Crippen LogP contribution in [-0.4, -0.2) is 47.8 Å². The van der Waals surface area contributed by atoms with Crippen LogP contribution in [0, 0.1) is 11.8 Å². The number of carboxylic acids is 1. The minimum Gasteiger partial charge on any atom is -0.479 e. The molecule has 4 heteroatoms. The second-order valence-electron chi connectivity index (χ2n) is 5.66. The summed E-state index contributed by atoms with van der Waals surface area (Å²) >= 11 is 0. The maximum atomic E-state index is 11.0. The van der Waals surface area contributed by atoms with Crippen LogP contribution in [0.5, 0.6) is 0 Å². The third kappa shape index (κ3) is 2.99. The highest BCUT2D eigenvalue weighted by molar-refractivity contribution is 5.72. The molecule has 17 heavy (non-hydrogen) atoms. The monoisotopic (exact) mass is 241 g/mol. The van der Waals surface area contributed by atoms with Crippen molar-refractivity contribution in [2.45, 2.75) is 45.3 Å². The Bertz CT molecular complexity index is 282. The topological polar surface area (TPSA) is 49.8 Å². The number of morpholine rings is 1. The van der Waals surface area contributed by atoms with Gasteiger partial charge in [-0.25, -0.2) is 4.79 Å². The fraction of sp³-hybridized carbons (Fsp3) is 0.923. The molecule has 2 aliphatic rings. The molecule has 2 rings (SSSR count). The molecule has 0 aromatic rings. The molecule has 1 heterocycles. The van der Waals surface area contributed by atoms with Gasteiger partial charge in [-0.05, 0) is 24.7 Å². The lowest BCUT2D eigenvalue weighted by Crippen LogP contribution is -2.53. The maximum Gasteiger partial charge on any atom is 0.334 e. The molecule has 0 spiro atoms. The van der Waals surface area contributed by atoms with Crippen LogP contribution in [0.25, 0.3) is 0 Å². The number of rotatable bonds is 2. The Hall–Kier alpha value is -0.610. The quantitative estimate of drug-likeness (QED) is 0.797. The van der Waals surface area contributed by atoms with Crippen molar-refractivity contribution >= 4 is 5.97 Å². The van der Waals surface area contributed by atoms with Gasteiger partial charge in [0.05, 0.1) is 6.61 Å². The molecular formula is C13H23NO3. The molecule has 4 atom stereocenters. The molecular weight excluding hydrogens is 218 g/mol. The lowest BCUT2D eigenvalue weighted by atomic mass is 9.79. The zero-order valence-electron chi connectivity index (χ0n) is 10.8. The summed E-state index contributed by atoms with van der Waals surface area (Å²) in [6, 6.07) is 0.546. The molecule has 0 aromatic carbocycles. The van der Waals surface area contributed by atoms with Gasteiger partial charge in [0.1, 0.15) is 0 Å². The number of ether oxygens (including phenoxy) is 1. The van der Waals surface area contributed by atoms with Crippen molar-refractivity contribution in [3.8, 4) is 0 Å². The summed E-state index contributed by atoms with van der Waals surface area (Å²) in [5.74, 6) is 0.618. The van der Waals surface area contributed by atoms with Gasteiger partial charge in [-0.2, -0.15) is 0 Å². The Balaban J connectivity index is 1.98. The van der Waals surface area contributed by atoms with Gasteiger partial charge < -0.3 is 9.84 Å². The third-order valence-corrected chi connectivity index (χ3v) is 4.26. The average Bonchev–Trinajstić information content (AvgIpc) is 2.32. The van der Waals surface area contributed by atoms with E-state index in [4.69, 9.17) is 9.84 Å². The van der Waals surface area contributed by atoms with Crippen molar-refractivity contribution < 1.29 is 14.6 Å². The molecule has 98 valence electrons. The van der Waals surface area contributed by atoms with Gasteiger partial charge in [-0.1, -0.05) is 20.3 Å². The highest BCUT2D eigenvalue weighted by Crippen LogP contribution is 2.32. The first-order chi connectivity index (χ1) is 8.08. The summed E-state index contributed by atoms with van der Waals surface area (Å²) in [6.45, 7) is 6.58. The zero-order valence-corrected chi connectivity index (χ0v) is 10.8. The Morgan fingerprint density at radius 2 is 2.12 bits per heavy atom. The van der Waals surface area contributed by atoms with E-state index in [1.54, 1.807) is 0 Å². The van der Waals surface area contributed by atoms with Crippen LogP contribution in [0.1, 0.15) is 33.1 Å². The average molecular weight is 241 g/mol. The fourth-order valence-corrected chi connectivity index (χ4v) is 3.13. The van der Waals surface area contributed by atoms with E-state index in [2.05, 4.69) is 18.7 Å². The number of hydrogen-bond donors (Lipinski definition) is 1. The lowest BCUT2D eigenvalue weighted by molar-refractivity contribution is -0.158. The summed E-state index contributed by atoms with van der Waals surface area (Å²) in [6.07, 6.45) is 3.15. The smallest absolute Gasteiger partial charge is 0.334 e. The van der Waals surface area contributed by atoms with Crippen molar-refractivity contribution in [2.24, 2.45) is 11.8 Å². The van der Waals surface area contributed by atoms with Crippen molar-refractivity contribution in [1.29, 1.82) is 0 Å². The van der Waals surface area contributed by atoms with E-state index >= 15 is 0 Å². The van der Waals surface area contributed by atoms with Gasteiger partial charge >= 0.3 is 5.97 Å². The number of aliphatic carboxylic acids is 1. The largest absolute Gasteiger partial charge is 0.479 e. The molecule has 0 bridgehead atoms. The normalized spacial score (nSPS) is 40.1. The molecule has 4 nitrogen and oxygen atoms in total. The second kappa shape index (κ2) is 5.36. The van der Waals surface area contributed by atoms with Gasteiger partial charge in [-0.3, -0.25) is 4.90 Å². The molecule has 1 aliphatic heterocycles. The molecule has 0 amide bonds. The van der Waals surface area contributed by atoms with Gasteiger partial charge in [0, 0.05) is 19.1 Å². The molecule has 0 radical (unpaired) electrons. The highest BCUT2D eigenvalue weighted by Gasteiger charge is 2.35. The Kier molecular flexibility index (Phi) is 4.05. The molecule has 2 fully saturated rings. The van der Waals surface area contributed by atoms with Crippen LogP contribution < -0.4 is 0 Å². The van der Waals surface area contributed by atoms with E-state index in [0.29, 0.717) is 25.1 Å². The van der Waals surface area contributed by atoms with Crippen LogP contribution >= 0.6 is 0 Å². The molecule has 1 N–H and O–H groups in total. The van der Waals surface area contributed by atoms with Gasteiger partial charge in [0.2, 0.25) is 0 Å². The van der Waals surface area contributed by atoms with Gasteiger partial charge in [-0.15, -0.1) is 0 Å². The first-order valence-electron chi connectivity index (χ1n) is 6.66. The summed E-state index contributed by atoms with van der Waals surface area (Å²) in [7, 11) is 0. The van der Waals surface area contributed by atoms with Crippen LogP contribution in [0.15, 0.2) is 0 Å². The molecule has 0 aromatic heterocycles. The third-order valence-electron chi connectivity index (χ3n) is 4.26. The molecule has 1 aliphatic carbocycles. The van der Waals surface area contributed by atoms with Crippen molar-refractivity contribution in [3.63, 3.8) is 0 Å². The maximum absolute atomic E-state index is 11.0. The van der Waals surface area contributed by atoms with Crippen molar-refractivity contribution in [2.75, 3.05) is 19.7 Å². The second-order valence-corrected chi connectivity index (χ2v) is 5.66. The Morgan fingerprint density at radius 3 is 2.82 bits per heavy atom. The summed E-state index contributed by atoms with van der Waals surface area (Å²) < 4.78 is 5.28. The summed E-state index contributed by atoms with van der Waals surface area (Å²) in [5, 5.41) is 9.02. The zero-order chi connectivity index (χ0) is 12.4. The molecule has 1 saturated heterocycles. The number of hydrogen-bond acceptors (Lipinski definition) is 3. The van der Waals surface area contributed by atoms with E-state index in [1.165, 1.54) is 19.3 Å². The number of nitrogens with zero attached hydrogens (tertiary/aromatic N) is 1. The predicted molar refractivity (Wildman–Crippen MR) is 64.9 cm³/mol. The van der Waals surface area contributed by atoms with E-state index in [1.807, 2.05) is 0 Å². The predicted octanol–water partition coefficient (Wildman–Crippen LogP) is 1.60. The lowest BCUT2D eigenvalue weighted by Gasteiger charge is -2.43. The number of carboxylic acid groups (broad SMARTS) is 1. The van der Waals surface area contributed by atoms with Crippen LogP contribution in [-0.2, 0) is 9.53 Å². The highest BCUT2D eigenvalue weighted by atomic mass is 16.5. The minimum atomic E-state index is -0.828. The number of carbonyl (C=O) groups is 1. The van der Waals surface area contributed by atoms with E-state index in [-0.39, 0.29) is 0 Å². The Labute approximate surface area is 103 Å².